The second kappa shape index (κ2) is 13.7. The summed E-state index contributed by atoms with van der Waals surface area (Å²) in [4.78, 5) is 6.32. The first kappa shape index (κ1) is 22.3. The molecule has 0 aliphatic heterocycles. The third-order valence-electron chi connectivity index (χ3n) is 2.99. The second-order valence-electron chi connectivity index (χ2n) is 5.14. The fourth-order valence-electron chi connectivity index (χ4n) is 1.77. The van der Waals surface area contributed by atoms with Gasteiger partial charge in [-0.05, 0) is 38.0 Å². The van der Waals surface area contributed by atoms with Crippen LogP contribution in [0.2, 0.25) is 0 Å². The molecule has 2 N–H and O–H groups in total. The van der Waals surface area contributed by atoms with Gasteiger partial charge in [-0.1, -0.05) is 12.1 Å². The number of likely N-dealkylation sites (N-methyl/N-ethyl adjacent to an activating group) is 1. The molecule has 0 bridgehead atoms. The van der Waals surface area contributed by atoms with Crippen molar-refractivity contribution in [3.05, 3.63) is 29.8 Å². The van der Waals surface area contributed by atoms with Gasteiger partial charge in [-0.25, -0.2) is 0 Å². The fraction of sp³-hybridized carbons (Fsp3) is 0.562. The van der Waals surface area contributed by atoms with E-state index < -0.39 is 0 Å². The summed E-state index contributed by atoms with van der Waals surface area (Å²) in [7, 11) is 5.87. The number of hydrogen-bond donors (Lipinski definition) is 2. The van der Waals surface area contributed by atoms with Crippen molar-refractivity contribution in [1.29, 1.82) is 0 Å². The molecular formula is C16H29IN4OS. The Morgan fingerprint density at radius 3 is 2.74 bits per heavy atom. The van der Waals surface area contributed by atoms with Crippen LogP contribution in [0.1, 0.15) is 5.56 Å². The fourth-order valence-corrected chi connectivity index (χ4v) is 2.08. The zero-order valence-corrected chi connectivity index (χ0v) is 17.6. The number of halogens is 1. The summed E-state index contributed by atoms with van der Waals surface area (Å²) in [6.45, 7) is 3.24. The molecular weight excluding hydrogens is 423 g/mol. The number of hydrogen-bond acceptors (Lipinski definition) is 4. The molecule has 1 aromatic carbocycles. The summed E-state index contributed by atoms with van der Waals surface area (Å²) in [5, 5.41) is 6.60. The first-order valence-electron chi connectivity index (χ1n) is 7.45. The molecule has 0 aliphatic carbocycles. The lowest BCUT2D eigenvalue weighted by Gasteiger charge is -2.13. The Bertz CT molecular complexity index is 457. The van der Waals surface area contributed by atoms with Crippen LogP contribution in [0.5, 0.6) is 5.75 Å². The maximum atomic E-state index is 5.75. The van der Waals surface area contributed by atoms with Gasteiger partial charge in [0.2, 0.25) is 0 Å². The van der Waals surface area contributed by atoms with Crippen molar-refractivity contribution in [3.63, 3.8) is 0 Å². The summed E-state index contributed by atoms with van der Waals surface area (Å²) < 4.78 is 5.75. The second-order valence-corrected chi connectivity index (χ2v) is 6.13. The predicted molar refractivity (Wildman–Crippen MR) is 112 cm³/mol. The largest absolute Gasteiger partial charge is 0.492 e. The highest BCUT2D eigenvalue weighted by molar-refractivity contribution is 14.0. The molecule has 0 aromatic heterocycles. The molecule has 0 unspecified atom stereocenters. The van der Waals surface area contributed by atoms with Crippen molar-refractivity contribution >= 4 is 41.7 Å². The standard InChI is InChI=1S/C16H28N4OS.HI/c1-17-16(18-8-11-22-4)19-13-14-6-5-7-15(12-14)21-10-9-20(2)3;/h5-7,12H,8-11,13H2,1-4H3,(H2,17,18,19);1H. The van der Waals surface area contributed by atoms with Crippen LogP contribution in [0.4, 0.5) is 0 Å². The van der Waals surface area contributed by atoms with Crippen LogP contribution in [0.15, 0.2) is 29.3 Å². The summed E-state index contributed by atoms with van der Waals surface area (Å²) >= 11 is 1.81. The van der Waals surface area contributed by atoms with E-state index in [-0.39, 0.29) is 24.0 Å². The monoisotopic (exact) mass is 452 g/mol. The lowest BCUT2D eigenvalue weighted by molar-refractivity contribution is 0.261. The maximum Gasteiger partial charge on any atom is 0.191 e. The first-order chi connectivity index (χ1) is 10.7. The van der Waals surface area contributed by atoms with E-state index >= 15 is 0 Å². The van der Waals surface area contributed by atoms with E-state index in [2.05, 4.69) is 38.9 Å². The molecule has 0 fully saturated rings. The zero-order chi connectivity index (χ0) is 16.2. The summed E-state index contributed by atoms with van der Waals surface area (Å²) in [6.07, 6.45) is 2.10. The Morgan fingerprint density at radius 1 is 1.30 bits per heavy atom. The van der Waals surface area contributed by atoms with E-state index in [0.29, 0.717) is 6.61 Å². The molecule has 0 saturated carbocycles. The van der Waals surface area contributed by atoms with Crippen LogP contribution < -0.4 is 15.4 Å². The topological polar surface area (TPSA) is 48.9 Å². The molecule has 0 radical (unpaired) electrons. The number of nitrogens with zero attached hydrogens (tertiary/aromatic N) is 2. The molecule has 0 heterocycles. The average Bonchev–Trinajstić information content (AvgIpc) is 2.51. The SMILES string of the molecule is CN=C(NCCSC)NCc1cccc(OCCN(C)C)c1.I. The zero-order valence-electron chi connectivity index (χ0n) is 14.5. The van der Waals surface area contributed by atoms with E-state index in [1.54, 1.807) is 7.05 Å². The Labute approximate surface area is 161 Å². The van der Waals surface area contributed by atoms with Crippen LogP contribution in [-0.2, 0) is 6.54 Å². The van der Waals surface area contributed by atoms with Crippen molar-refractivity contribution < 1.29 is 4.74 Å². The Kier molecular flexibility index (Phi) is 13.3. The molecule has 7 heteroatoms. The third-order valence-corrected chi connectivity index (χ3v) is 3.60. The van der Waals surface area contributed by atoms with Gasteiger partial charge in [0.25, 0.3) is 0 Å². The van der Waals surface area contributed by atoms with E-state index in [9.17, 15) is 0 Å². The maximum absolute atomic E-state index is 5.75. The van der Waals surface area contributed by atoms with E-state index in [1.807, 2.05) is 38.0 Å². The smallest absolute Gasteiger partial charge is 0.191 e. The quantitative estimate of drug-likeness (QED) is 0.261. The van der Waals surface area contributed by atoms with Crippen LogP contribution in [-0.4, -0.2) is 63.7 Å². The molecule has 0 amide bonds. The minimum absolute atomic E-state index is 0. The summed E-state index contributed by atoms with van der Waals surface area (Å²) in [6, 6.07) is 8.16. The highest BCUT2D eigenvalue weighted by Crippen LogP contribution is 2.13. The van der Waals surface area contributed by atoms with Crippen LogP contribution in [0.25, 0.3) is 0 Å². The molecule has 1 aromatic rings. The number of thioether (sulfide) groups is 1. The predicted octanol–water partition coefficient (Wildman–Crippen LogP) is 2.27. The van der Waals surface area contributed by atoms with Gasteiger partial charge in [0, 0.05) is 32.4 Å². The van der Waals surface area contributed by atoms with Crippen molar-refractivity contribution in [3.8, 4) is 5.75 Å². The first-order valence-corrected chi connectivity index (χ1v) is 8.85. The van der Waals surface area contributed by atoms with E-state index in [0.717, 1.165) is 37.1 Å². The van der Waals surface area contributed by atoms with Gasteiger partial charge in [-0.3, -0.25) is 4.99 Å². The molecule has 23 heavy (non-hydrogen) atoms. The number of benzene rings is 1. The van der Waals surface area contributed by atoms with Crippen LogP contribution >= 0.6 is 35.7 Å². The average molecular weight is 452 g/mol. The Balaban J connectivity index is 0.00000484. The minimum Gasteiger partial charge on any atom is -0.492 e. The number of aliphatic imine (C=N–C) groups is 1. The number of rotatable bonds is 9. The van der Waals surface area contributed by atoms with Crippen molar-refractivity contribution in [2.24, 2.45) is 4.99 Å². The molecule has 0 aliphatic rings. The van der Waals surface area contributed by atoms with Gasteiger partial charge < -0.3 is 20.3 Å². The molecule has 5 nitrogen and oxygen atoms in total. The number of guanidine groups is 1. The number of ether oxygens (including phenoxy) is 1. The Hall–Kier alpha value is -0.670. The normalized spacial score (nSPS) is 11.1. The molecule has 0 saturated heterocycles. The van der Waals surface area contributed by atoms with Gasteiger partial charge >= 0.3 is 0 Å². The lowest BCUT2D eigenvalue weighted by Crippen LogP contribution is -2.37. The van der Waals surface area contributed by atoms with Gasteiger partial charge in [0.1, 0.15) is 12.4 Å². The molecule has 0 atom stereocenters. The van der Waals surface area contributed by atoms with Gasteiger partial charge in [0.05, 0.1) is 0 Å². The van der Waals surface area contributed by atoms with Gasteiger partial charge in [-0.2, -0.15) is 11.8 Å². The van der Waals surface area contributed by atoms with Gasteiger partial charge in [0.15, 0.2) is 5.96 Å². The number of nitrogens with one attached hydrogen (secondary N) is 2. The Morgan fingerprint density at radius 2 is 2.09 bits per heavy atom. The third kappa shape index (κ3) is 10.7. The van der Waals surface area contributed by atoms with E-state index in [1.165, 1.54) is 5.56 Å². The molecule has 0 spiro atoms. The van der Waals surface area contributed by atoms with Crippen molar-refractivity contribution in [1.82, 2.24) is 15.5 Å². The van der Waals surface area contributed by atoms with Crippen molar-refractivity contribution in [2.45, 2.75) is 6.54 Å². The molecule has 1 rings (SSSR count). The summed E-state index contributed by atoms with van der Waals surface area (Å²) in [5.74, 6) is 2.80. The highest BCUT2D eigenvalue weighted by Gasteiger charge is 2.00. The van der Waals surface area contributed by atoms with E-state index in [4.69, 9.17) is 4.74 Å². The summed E-state index contributed by atoms with van der Waals surface area (Å²) in [5.41, 5.74) is 1.18. The highest BCUT2D eigenvalue weighted by atomic mass is 127. The van der Waals surface area contributed by atoms with Crippen LogP contribution in [0.3, 0.4) is 0 Å². The van der Waals surface area contributed by atoms with Gasteiger partial charge in [-0.15, -0.1) is 24.0 Å². The van der Waals surface area contributed by atoms with Crippen molar-refractivity contribution in [2.75, 3.05) is 52.8 Å². The molecule has 132 valence electrons. The minimum atomic E-state index is 0. The lowest BCUT2D eigenvalue weighted by atomic mass is 10.2. The van der Waals surface area contributed by atoms with Crippen LogP contribution in [0, 0.1) is 0 Å².